The molecule has 1 aromatic rings. The summed E-state index contributed by atoms with van der Waals surface area (Å²) in [5, 5.41) is 0. The third-order valence-corrected chi connectivity index (χ3v) is 11.1. The van der Waals surface area contributed by atoms with E-state index >= 15 is 0 Å². The molecule has 1 saturated heterocycles. The molecule has 1 aromatic heterocycles. The lowest BCUT2D eigenvalue weighted by Crippen LogP contribution is -2.55. The van der Waals surface area contributed by atoms with E-state index in [2.05, 4.69) is 24.8 Å². The van der Waals surface area contributed by atoms with Crippen molar-refractivity contribution in [2.45, 2.75) is 90.5 Å². The Bertz CT molecular complexity index is 922. The minimum Gasteiger partial charge on any atom is -0.431 e. The van der Waals surface area contributed by atoms with Crippen LogP contribution in [0.25, 0.3) is 5.57 Å². The predicted molar refractivity (Wildman–Crippen MR) is 129 cm³/mol. The van der Waals surface area contributed by atoms with Gasteiger partial charge in [0.1, 0.15) is 6.26 Å². The topological polar surface area (TPSA) is 33.5 Å². The number of rotatable bonds is 2. The zero-order chi connectivity index (χ0) is 21.9. The monoisotopic (exact) mass is 435 g/mol. The molecule has 174 valence electrons. The van der Waals surface area contributed by atoms with Crippen LogP contribution in [0, 0.1) is 34.5 Å². The van der Waals surface area contributed by atoms with Gasteiger partial charge in [0.25, 0.3) is 0 Å². The molecule has 0 N–H and O–H groups in total. The number of allylic oxidation sites excluding steroid dienone is 2. The zero-order valence-corrected chi connectivity index (χ0v) is 20.2. The lowest BCUT2D eigenvalue weighted by Gasteiger charge is -2.61. The Morgan fingerprint density at radius 1 is 0.969 bits per heavy atom. The number of piperidine rings is 1. The lowest BCUT2D eigenvalue weighted by atomic mass is 9.44. The van der Waals surface area contributed by atoms with E-state index < -0.39 is 0 Å². The molecule has 0 radical (unpaired) electrons. The molecule has 3 saturated carbocycles. The molecule has 6 rings (SSSR count). The average Bonchev–Trinajstić information content (AvgIpc) is 3.17. The van der Waals surface area contributed by atoms with Crippen LogP contribution < -0.4 is 5.63 Å². The first-order valence-corrected chi connectivity index (χ1v) is 13.5. The van der Waals surface area contributed by atoms with Gasteiger partial charge in [-0.2, -0.15) is 0 Å². The molecule has 2 heterocycles. The van der Waals surface area contributed by atoms with Crippen LogP contribution in [0.15, 0.2) is 33.7 Å². The van der Waals surface area contributed by atoms with Crippen molar-refractivity contribution in [2.75, 3.05) is 13.1 Å². The van der Waals surface area contributed by atoms with Crippen molar-refractivity contribution in [1.82, 2.24) is 4.90 Å². The van der Waals surface area contributed by atoms with Crippen LogP contribution >= 0.6 is 0 Å². The Balaban J connectivity index is 1.21. The van der Waals surface area contributed by atoms with Crippen LogP contribution in [0.3, 0.4) is 0 Å². The zero-order valence-electron chi connectivity index (χ0n) is 20.2. The van der Waals surface area contributed by atoms with Gasteiger partial charge in [0, 0.05) is 17.7 Å². The van der Waals surface area contributed by atoms with Crippen molar-refractivity contribution in [3.63, 3.8) is 0 Å². The molecule has 1 aliphatic heterocycles. The highest BCUT2D eigenvalue weighted by Crippen LogP contribution is 2.67. The molecular formula is C29H41NO2. The molecule has 4 aliphatic carbocycles. The minimum absolute atomic E-state index is 0.245. The number of hydrogen-bond donors (Lipinski definition) is 0. The first-order chi connectivity index (χ1) is 15.5. The van der Waals surface area contributed by atoms with Crippen LogP contribution in [-0.2, 0) is 0 Å². The van der Waals surface area contributed by atoms with Gasteiger partial charge in [-0.25, -0.2) is 4.79 Å². The van der Waals surface area contributed by atoms with E-state index in [4.69, 9.17) is 4.42 Å². The summed E-state index contributed by atoms with van der Waals surface area (Å²) < 4.78 is 5.25. The van der Waals surface area contributed by atoms with Crippen molar-refractivity contribution < 1.29 is 4.42 Å². The summed E-state index contributed by atoms with van der Waals surface area (Å²) in [5.41, 5.74) is 3.14. The third kappa shape index (κ3) is 3.21. The van der Waals surface area contributed by atoms with E-state index in [0.717, 1.165) is 35.3 Å². The Morgan fingerprint density at radius 3 is 2.59 bits per heavy atom. The predicted octanol–water partition coefficient (Wildman–Crippen LogP) is 6.53. The standard InChI is InChI=1S/C29H41NO2/c1-28-14-12-22(30-16-4-3-5-17-30)18-21(28)7-8-23-25-10-9-24(20-6-11-27(31)32-19-20)29(25,2)15-13-26(23)28/h6,9,11,19,21-23,25-26H,3-5,7-8,10,12-18H2,1-2H3/t21-,22?,23+,25?,26+,28+,29+/m1/s1. The van der Waals surface area contributed by atoms with Gasteiger partial charge in [-0.3, -0.25) is 0 Å². The summed E-state index contributed by atoms with van der Waals surface area (Å²) in [5.74, 6) is 3.47. The van der Waals surface area contributed by atoms with Gasteiger partial charge < -0.3 is 9.32 Å². The smallest absolute Gasteiger partial charge is 0.335 e. The molecule has 7 atom stereocenters. The summed E-state index contributed by atoms with van der Waals surface area (Å²) in [7, 11) is 0. The van der Waals surface area contributed by atoms with E-state index in [1.165, 1.54) is 89.3 Å². The molecule has 2 unspecified atom stereocenters. The van der Waals surface area contributed by atoms with Crippen molar-refractivity contribution in [1.29, 1.82) is 0 Å². The second kappa shape index (κ2) is 7.86. The fourth-order valence-corrected chi connectivity index (χ4v) is 9.38. The largest absolute Gasteiger partial charge is 0.431 e. The van der Waals surface area contributed by atoms with Crippen molar-refractivity contribution in [3.8, 4) is 0 Å². The van der Waals surface area contributed by atoms with Gasteiger partial charge in [-0.1, -0.05) is 26.3 Å². The maximum atomic E-state index is 11.5. The van der Waals surface area contributed by atoms with Crippen LogP contribution in [0.2, 0.25) is 0 Å². The van der Waals surface area contributed by atoms with E-state index in [0.29, 0.717) is 5.41 Å². The quantitative estimate of drug-likeness (QED) is 0.529. The highest BCUT2D eigenvalue weighted by atomic mass is 16.4. The van der Waals surface area contributed by atoms with Gasteiger partial charge in [-0.15, -0.1) is 0 Å². The molecule has 3 heteroatoms. The fourth-order valence-electron chi connectivity index (χ4n) is 9.38. The van der Waals surface area contributed by atoms with Gasteiger partial charge in [0.05, 0.1) is 0 Å². The highest BCUT2D eigenvalue weighted by Gasteiger charge is 2.58. The number of hydrogen-bond acceptors (Lipinski definition) is 3. The molecule has 4 fully saturated rings. The molecule has 0 amide bonds. The second-order valence-corrected chi connectivity index (χ2v) is 12.3. The number of fused-ring (bicyclic) bond motifs is 5. The van der Waals surface area contributed by atoms with Crippen LogP contribution in [-0.4, -0.2) is 24.0 Å². The molecule has 5 aliphatic rings. The summed E-state index contributed by atoms with van der Waals surface area (Å²) in [4.78, 5) is 14.4. The number of likely N-dealkylation sites (tertiary alicyclic amines) is 1. The molecule has 0 spiro atoms. The van der Waals surface area contributed by atoms with Gasteiger partial charge in [0.15, 0.2) is 0 Å². The van der Waals surface area contributed by atoms with E-state index in [1.807, 2.05) is 6.07 Å². The van der Waals surface area contributed by atoms with E-state index in [1.54, 1.807) is 12.3 Å². The Morgan fingerprint density at radius 2 is 1.81 bits per heavy atom. The van der Waals surface area contributed by atoms with E-state index in [-0.39, 0.29) is 11.0 Å². The SMILES string of the molecule is C[C@]12CCC(N3CCCCC3)C[C@H]1CC[C@H]1C3CC=C(c4ccc(=O)oc4)[C@]3(C)CC[C@@H]12. The van der Waals surface area contributed by atoms with Crippen LogP contribution in [0.1, 0.15) is 90.0 Å². The average molecular weight is 436 g/mol. The van der Waals surface area contributed by atoms with Crippen LogP contribution in [0.5, 0.6) is 0 Å². The van der Waals surface area contributed by atoms with Gasteiger partial charge >= 0.3 is 5.63 Å². The van der Waals surface area contributed by atoms with Crippen LogP contribution in [0.4, 0.5) is 0 Å². The Kier molecular flexibility index (Phi) is 5.21. The molecule has 3 nitrogen and oxygen atoms in total. The summed E-state index contributed by atoms with van der Waals surface area (Å²) in [6, 6.07) is 4.44. The summed E-state index contributed by atoms with van der Waals surface area (Å²) in [6.07, 6.45) is 19.6. The molecule has 32 heavy (non-hydrogen) atoms. The Hall–Kier alpha value is -1.35. The van der Waals surface area contributed by atoms with E-state index in [9.17, 15) is 4.79 Å². The third-order valence-electron chi connectivity index (χ3n) is 11.1. The minimum atomic E-state index is -0.246. The summed E-state index contributed by atoms with van der Waals surface area (Å²) in [6.45, 7) is 7.92. The van der Waals surface area contributed by atoms with Crippen molar-refractivity contribution in [2.24, 2.45) is 34.5 Å². The van der Waals surface area contributed by atoms with Crippen molar-refractivity contribution in [3.05, 3.63) is 40.5 Å². The second-order valence-electron chi connectivity index (χ2n) is 12.3. The first-order valence-electron chi connectivity index (χ1n) is 13.5. The molecular weight excluding hydrogens is 394 g/mol. The maximum Gasteiger partial charge on any atom is 0.335 e. The summed E-state index contributed by atoms with van der Waals surface area (Å²) >= 11 is 0. The molecule has 0 bridgehead atoms. The highest BCUT2D eigenvalue weighted by molar-refractivity contribution is 5.72. The van der Waals surface area contributed by atoms with Crippen molar-refractivity contribution >= 4 is 5.57 Å². The molecule has 0 aromatic carbocycles. The maximum absolute atomic E-state index is 11.5. The first kappa shape index (κ1) is 21.2. The normalized spacial score (nSPS) is 44.3. The fraction of sp³-hybridized carbons (Fsp3) is 0.759. The Labute approximate surface area is 193 Å². The number of nitrogens with zero attached hydrogens (tertiary/aromatic N) is 1. The van der Waals surface area contributed by atoms with Gasteiger partial charge in [-0.05, 0) is 123 Å². The van der Waals surface area contributed by atoms with Gasteiger partial charge in [0.2, 0.25) is 0 Å². The lowest BCUT2D eigenvalue weighted by molar-refractivity contribution is -0.109.